The van der Waals surface area contributed by atoms with E-state index in [9.17, 15) is 0 Å². The number of fused-ring (bicyclic) bond motifs is 7. The van der Waals surface area contributed by atoms with Gasteiger partial charge in [0.25, 0.3) is 0 Å². The quantitative estimate of drug-likeness (QED) is 0.161. The molecular weight excluding hydrogens is 743 g/mol. The minimum atomic E-state index is 0.876. The summed E-state index contributed by atoms with van der Waals surface area (Å²) in [6.07, 6.45) is 0. The van der Waals surface area contributed by atoms with Gasteiger partial charge in [-0.3, -0.25) is 0 Å². The van der Waals surface area contributed by atoms with E-state index in [-0.39, 0.29) is 0 Å². The van der Waals surface area contributed by atoms with Gasteiger partial charge in [-0.1, -0.05) is 158 Å². The van der Waals surface area contributed by atoms with Crippen LogP contribution < -0.4 is 4.90 Å². The maximum absolute atomic E-state index is 6.39. The third-order valence-electron chi connectivity index (χ3n) is 12.1. The van der Waals surface area contributed by atoms with Crippen molar-refractivity contribution >= 4 is 71.7 Å². The van der Waals surface area contributed by atoms with Gasteiger partial charge in [0, 0.05) is 38.5 Å². The molecule has 2 aromatic heterocycles. The number of para-hydroxylation sites is 3. The fourth-order valence-electron chi connectivity index (χ4n) is 9.09. The van der Waals surface area contributed by atoms with Crippen molar-refractivity contribution in [1.29, 1.82) is 0 Å². The van der Waals surface area contributed by atoms with Crippen LogP contribution >= 0.6 is 0 Å². The van der Waals surface area contributed by atoms with Crippen molar-refractivity contribution in [2.45, 2.75) is 0 Å². The molecule has 61 heavy (non-hydrogen) atoms. The predicted octanol–water partition coefficient (Wildman–Crippen LogP) is 16.8. The van der Waals surface area contributed by atoms with Crippen molar-refractivity contribution in [2.75, 3.05) is 4.90 Å². The van der Waals surface area contributed by atoms with Crippen LogP contribution in [0, 0.1) is 0 Å². The summed E-state index contributed by atoms with van der Waals surface area (Å²) in [7, 11) is 0. The number of anilines is 3. The third-order valence-corrected chi connectivity index (χ3v) is 12.1. The second-order valence-corrected chi connectivity index (χ2v) is 15.7. The monoisotopic (exact) mass is 779 g/mol. The van der Waals surface area contributed by atoms with Crippen LogP contribution in [0.2, 0.25) is 0 Å². The molecule has 0 bridgehead atoms. The van der Waals surface area contributed by atoms with E-state index in [4.69, 9.17) is 8.83 Å². The molecule has 286 valence electrons. The van der Waals surface area contributed by atoms with E-state index in [0.29, 0.717) is 0 Å². The zero-order valence-electron chi connectivity index (χ0n) is 33.1. The van der Waals surface area contributed by atoms with E-state index in [1.54, 1.807) is 0 Å². The first-order valence-electron chi connectivity index (χ1n) is 20.7. The van der Waals surface area contributed by atoms with Crippen LogP contribution in [0.4, 0.5) is 17.1 Å². The summed E-state index contributed by atoms with van der Waals surface area (Å²) in [5, 5.41) is 7.00. The molecule has 3 nitrogen and oxygen atoms in total. The Morgan fingerprint density at radius 1 is 0.262 bits per heavy atom. The summed E-state index contributed by atoms with van der Waals surface area (Å²) in [5.41, 5.74) is 16.0. The van der Waals surface area contributed by atoms with Gasteiger partial charge in [0.05, 0.1) is 5.69 Å². The molecule has 10 aromatic carbocycles. The molecule has 0 atom stereocenters. The van der Waals surface area contributed by atoms with Crippen molar-refractivity contribution in [1.82, 2.24) is 0 Å². The van der Waals surface area contributed by atoms with Gasteiger partial charge in [-0.2, -0.15) is 0 Å². The highest BCUT2D eigenvalue weighted by atomic mass is 16.3. The fourth-order valence-corrected chi connectivity index (χ4v) is 9.09. The Balaban J connectivity index is 0.968. The van der Waals surface area contributed by atoms with Gasteiger partial charge in [0.15, 0.2) is 0 Å². The number of nitrogens with zero attached hydrogens (tertiary/aromatic N) is 1. The molecule has 0 saturated heterocycles. The number of hydrogen-bond acceptors (Lipinski definition) is 3. The molecule has 0 fully saturated rings. The maximum atomic E-state index is 6.39. The average Bonchev–Trinajstić information content (AvgIpc) is 3.90. The normalized spacial score (nSPS) is 11.6. The highest BCUT2D eigenvalue weighted by molar-refractivity contribution is 6.07. The lowest BCUT2D eigenvalue weighted by molar-refractivity contribution is 0.668. The molecule has 0 aliphatic rings. The van der Waals surface area contributed by atoms with Crippen molar-refractivity contribution in [3.05, 3.63) is 224 Å². The topological polar surface area (TPSA) is 29.5 Å². The van der Waals surface area contributed by atoms with Gasteiger partial charge in [-0.05, 0) is 116 Å². The zero-order valence-corrected chi connectivity index (χ0v) is 33.1. The third kappa shape index (κ3) is 6.06. The van der Waals surface area contributed by atoms with E-state index in [1.165, 1.54) is 21.9 Å². The van der Waals surface area contributed by atoms with E-state index in [0.717, 1.165) is 94.3 Å². The molecular formula is C58H37NO2. The maximum Gasteiger partial charge on any atom is 0.136 e. The molecule has 3 heteroatoms. The molecule has 12 rings (SSSR count). The fraction of sp³-hybridized carbons (Fsp3) is 0. The molecule has 0 N–H and O–H groups in total. The van der Waals surface area contributed by atoms with E-state index in [1.807, 2.05) is 24.3 Å². The first-order chi connectivity index (χ1) is 30.2. The lowest BCUT2D eigenvalue weighted by Crippen LogP contribution is -2.11. The molecule has 0 aliphatic heterocycles. The summed E-state index contributed by atoms with van der Waals surface area (Å²) < 4.78 is 12.5. The highest BCUT2D eigenvalue weighted by Crippen LogP contribution is 2.44. The molecule has 2 heterocycles. The summed E-state index contributed by atoms with van der Waals surface area (Å²) in [4.78, 5) is 2.38. The number of furan rings is 2. The van der Waals surface area contributed by atoms with Crippen molar-refractivity contribution in [3.63, 3.8) is 0 Å². The van der Waals surface area contributed by atoms with E-state index in [2.05, 4.69) is 205 Å². The molecule has 0 amide bonds. The number of benzene rings is 10. The Bertz CT molecular complexity index is 3590. The summed E-state index contributed by atoms with van der Waals surface area (Å²) in [6.45, 7) is 0. The number of rotatable bonds is 7. The lowest BCUT2D eigenvalue weighted by Gasteiger charge is -2.28. The van der Waals surface area contributed by atoms with E-state index >= 15 is 0 Å². The van der Waals surface area contributed by atoms with Crippen LogP contribution in [-0.4, -0.2) is 0 Å². The minimum Gasteiger partial charge on any atom is -0.456 e. The van der Waals surface area contributed by atoms with Gasteiger partial charge in [0.2, 0.25) is 0 Å². The second-order valence-electron chi connectivity index (χ2n) is 15.7. The van der Waals surface area contributed by atoms with Gasteiger partial charge >= 0.3 is 0 Å². The van der Waals surface area contributed by atoms with Crippen molar-refractivity contribution in [2.24, 2.45) is 0 Å². The highest BCUT2D eigenvalue weighted by Gasteiger charge is 2.19. The average molecular weight is 780 g/mol. The first-order valence-corrected chi connectivity index (χ1v) is 20.7. The standard InChI is InChI=1S/C58H37NO2/c1-2-15-47-40(11-1)12-10-19-48(47)41-25-23-38(24-26-41)42-13-9-14-46(35-42)59(45-31-27-39(28-32-45)43-30-34-57-53(36-43)51-18-5-8-22-56(51)60-57)54-20-6-3-16-49(54)44-29-33-52-50-17-4-7-21-55(50)61-58(52)37-44/h1-37H. The predicted molar refractivity (Wildman–Crippen MR) is 255 cm³/mol. The molecule has 0 radical (unpaired) electrons. The number of hydrogen-bond donors (Lipinski definition) is 0. The molecule has 0 aliphatic carbocycles. The minimum absolute atomic E-state index is 0.876. The molecule has 0 saturated carbocycles. The zero-order chi connectivity index (χ0) is 40.3. The largest absolute Gasteiger partial charge is 0.456 e. The Hall–Kier alpha value is -8.14. The van der Waals surface area contributed by atoms with Gasteiger partial charge in [-0.15, -0.1) is 0 Å². The summed E-state index contributed by atoms with van der Waals surface area (Å²) in [6, 6.07) is 80.1. The van der Waals surface area contributed by atoms with Gasteiger partial charge < -0.3 is 13.7 Å². The molecule has 0 spiro atoms. The SMILES string of the molecule is c1cc(-c2ccc(-c3cccc4ccccc34)cc2)cc(N(c2ccc(-c3ccc4oc5ccccc5c4c3)cc2)c2ccccc2-c2ccc3c(c2)oc2ccccc23)c1. The molecule has 0 unspecified atom stereocenters. The van der Waals surface area contributed by atoms with E-state index < -0.39 is 0 Å². The van der Waals surface area contributed by atoms with Gasteiger partial charge in [-0.25, -0.2) is 0 Å². The van der Waals surface area contributed by atoms with Crippen molar-refractivity contribution < 1.29 is 8.83 Å². The lowest BCUT2D eigenvalue weighted by atomic mass is 9.96. The summed E-state index contributed by atoms with van der Waals surface area (Å²) in [5.74, 6) is 0. The van der Waals surface area contributed by atoms with Crippen LogP contribution in [0.3, 0.4) is 0 Å². The van der Waals surface area contributed by atoms with Crippen LogP contribution in [0.25, 0.3) is 99.2 Å². The summed E-state index contributed by atoms with van der Waals surface area (Å²) >= 11 is 0. The molecule has 12 aromatic rings. The first kappa shape index (κ1) is 34.9. The van der Waals surface area contributed by atoms with Crippen LogP contribution in [0.5, 0.6) is 0 Å². The Morgan fingerprint density at radius 2 is 0.803 bits per heavy atom. The van der Waals surface area contributed by atoms with Crippen LogP contribution in [0.1, 0.15) is 0 Å². The Kier molecular flexibility index (Phi) is 8.17. The van der Waals surface area contributed by atoms with Crippen LogP contribution in [-0.2, 0) is 0 Å². The van der Waals surface area contributed by atoms with Crippen LogP contribution in [0.15, 0.2) is 233 Å². The smallest absolute Gasteiger partial charge is 0.136 e. The Morgan fingerprint density at radius 3 is 1.62 bits per heavy atom. The van der Waals surface area contributed by atoms with Crippen molar-refractivity contribution in [3.8, 4) is 44.5 Å². The Labute approximate surface area is 353 Å². The van der Waals surface area contributed by atoms with Gasteiger partial charge in [0.1, 0.15) is 22.3 Å². The second kappa shape index (κ2) is 14.3.